The monoisotopic (exact) mass is 165 g/mol. The van der Waals surface area contributed by atoms with Crippen molar-refractivity contribution in [2.24, 2.45) is 0 Å². The number of hydrogen-bond donors (Lipinski definition) is 2. The molecule has 0 unspecified atom stereocenters. The van der Waals surface area contributed by atoms with E-state index >= 15 is 0 Å². The SMILES string of the molecule is CCCCNc1n[nH]c(C#N)n1. The van der Waals surface area contributed by atoms with E-state index in [1.807, 2.05) is 6.07 Å². The Hall–Kier alpha value is -1.57. The minimum atomic E-state index is 0.244. The molecule has 0 aliphatic rings. The molecule has 1 aromatic rings. The van der Waals surface area contributed by atoms with E-state index in [2.05, 4.69) is 27.4 Å². The fourth-order valence-corrected chi connectivity index (χ4v) is 0.768. The third-order valence-electron chi connectivity index (χ3n) is 1.40. The first-order chi connectivity index (χ1) is 5.86. The Morgan fingerprint density at radius 1 is 1.67 bits per heavy atom. The van der Waals surface area contributed by atoms with Gasteiger partial charge in [-0.3, -0.25) is 0 Å². The predicted octanol–water partition coefficient (Wildman–Crippen LogP) is 0.888. The summed E-state index contributed by atoms with van der Waals surface area (Å²) in [6.45, 7) is 2.96. The number of unbranched alkanes of at least 4 members (excludes halogenated alkanes) is 1. The molecule has 0 aromatic carbocycles. The summed E-state index contributed by atoms with van der Waals surface area (Å²) >= 11 is 0. The van der Waals surface area contributed by atoms with Gasteiger partial charge in [-0.15, -0.1) is 5.10 Å². The van der Waals surface area contributed by atoms with Crippen molar-refractivity contribution < 1.29 is 0 Å². The van der Waals surface area contributed by atoms with Crippen molar-refractivity contribution in [2.45, 2.75) is 19.8 Å². The molecule has 1 aromatic heterocycles. The summed E-state index contributed by atoms with van der Waals surface area (Å²) in [5.74, 6) is 0.744. The normalized spacial score (nSPS) is 9.33. The van der Waals surface area contributed by atoms with E-state index in [-0.39, 0.29) is 5.82 Å². The van der Waals surface area contributed by atoms with E-state index < -0.39 is 0 Å². The second kappa shape index (κ2) is 4.34. The van der Waals surface area contributed by atoms with E-state index in [4.69, 9.17) is 5.26 Å². The summed E-state index contributed by atoms with van der Waals surface area (Å²) < 4.78 is 0. The van der Waals surface area contributed by atoms with Crippen LogP contribution in [0.2, 0.25) is 0 Å². The highest BCUT2D eigenvalue weighted by Crippen LogP contribution is 1.97. The molecule has 5 nitrogen and oxygen atoms in total. The Morgan fingerprint density at radius 3 is 3.08 bits per heavy atom. The molecule has 0 fully saturated rings. The minimum Gasteiger partial charge on any atom is -0.353 e. The van der Waals surface area contributed by atoms with Gasteiger partial charge in [0.05, 0.1) is 0 Å². The topological polar surface area (TPSA) is 77.4 Å². The summed E-state index contributed by atoms with van der Waals surface area (Å²) in [5, 5.41) is 17.7. The Balaban J connectivity index is 2.38. The standard InChI is InChI=1S/C7H11N5/c1-2-3-4-9-7-10-6(5-8)11-12-7/h2-4H2,1H3,(H2,9,10,11,12). The highest BCUT2D eigenvalue weighted by atomic mass is 15.3. The van der Waals surface area contributed by atoms with Crippen molar-refractivity contribution in [3.05, 3.63) is 5.82 Å². The van der Waals surface area contributed by atoms with Crippen molar-refractivity contribution in [1.29, 1.82) is 5.26 Å². The van der Waals surface area contributed by atoms with Crippen LogP contribution in [-0.4, -0.2) is 21.7 Å². The van der Waals surface area contributed by atoms with E-state index in [9.17, 15) is 0 Å². The van der Waals surface area contributed by atoms with Gasteiger partial charge in [-0.1, -0.05) is 13.3 Å². The van der Waals surface area contributed by atoms with Crippen molar-refractivity contribution in [1.82, 2.24) is 15.2 Å². The van der Waals surface area contributed by atoms with Gasteiger partial charge in [-0.25, -0.2) is 5.10 Å². The predicted molar refractivity (Wildman–Crippen MR) is 44.5 cm³/mol. The van der Waals surface area contributed by atoms with Gasteiger partial charge in [0.2, 0.25) is 11.8 Å². The molecule has 12 heavy (non-hydrogen) atoms. The second-order valence-electron chi connectivity index (χ2n) is 2.40. The molecular formula is C7H11N5. The molecule has 0 spiro atoms. The maximum Gasteiger partial charge on any atom is 0.243 e. The lowest BCUT2D eigenvalue weighted by molar-refractivity contribution is 0.827. The Labute approximate surface area is 70.8 Å². The smallest absolute Gasteiger partial charge is 0.243 e. The number of rotatable bonds is 4. The second-order valence-corrected chi connectivity index (χ2v) is 2.40. The van der Waals surface area contributed by atoms with Crippen LogP contribution in [0, 0.1) is 11.3 Å². The molecule has 0 saturated carbocycles. The summed E-state index contributed by atoms with van der Waals surface area (Å²) in [6.07, 6.45) is 2.21. The lowest BCUT2D eigenvalue weighted by Crippen LogP contribution is -2.02. The zero-order chi connectivity index (χ0) is 8.81. The average Bonchev–Trinajstić information content (AvgIpc) is 2.53. The Morgan fingerprint density at radius 2 is 2.50 bits per heavy atom. The van der Waals surface area contributed by atoms with Gasteiger partial charge in [0.15, 0.2) is 0 Å². The third kappa shape index (κ3) is 2.23. The zero-order valence-electron chi connectivity index (χ0n) is 6.96. The van der Waals surface area contributed by atoms with Crippen molar-refractivity contribution in [3.8, 4) is 6.07 Å². The highest BCUT2D eigenvalue weighted by Gasteiger charge is 1.98. The van der Waals surface area contributed by atoms with Crippen molar-refractivity contribution in [3.63, 3.8) is 0 Å². The molecule has 0 atom stereocenters. The molecule has 1 rings (SSSR count). The summed E-state index contributed by atoms with van der Waals surface area (Å²) in [5.41, 5.74) is 0. The van der Waals surface area contributed by atoms with E-state index in [0.717, 1.165) is 19.4 Å². The van der Waals surface area contributed by atoms with Crippen LogP contribution in [0.5, 0.6) is 0 Å². The first-order valence-electron chi connectivity index (χ1n) is 3.93. The fraction of sp³-hybridized carbons (Fsp3) is 0.571. The first kappa shape index (κ1) is 8.53. The molecule has 2 N–H and O–H groups in total. The number of nitrogens with one attached hydrogen (secondary N) is 2. The van der Waals surface area contributed by atoms with Crippen LogP contribution >= 0.6 is 0 Å². The van der Waals surface area contributed by atoms with Gasteiger partial charge in [0.25, 0.3) is 0 Å². The molecule has 0 radical (unpaired) electrons. The van der Waals surface area contributed by atoms with E-state index in [1.165, 1.54) is 0 Å². The van der Waals surface area contributed by atoms with Crippen LogP contribution in [0.15, 0.2) is 0 Å². The van der Waals surface area contributed by atoms with Gasteiger partial charge in [-0.2, -0.15) is 10.2 Å². The lowest BCUT2D eigenvalue weighted by atomic mass is 10.3. The van der Waals surface area contributed by atoms with Gasteiger partial charge in [0.1, 0.15) is 6.07 Å². The fourth-order valence-electron chi connectivity index (χ4n) is 0.768. The Bertz CT molecular complexity index is 272. The molecular weight excluding hydrogens is 154 g/mol. The van der Waals surface area contributed by atoms with Gasteiger partial charge >= 0.3 is 0 Å². The average molecular weight is 165 g/mol. The number of nitriles is 1. The van der Waals surface area contributed by atoms with Crippen LogP contribution in [0.25, 0.3) is 0 Å². The lowest BCUT2D eigenvalue weighted by Gasteiger charge is -1.96. The summed E-state index contributed by atoms with van der Waals surface area (Å²) in [4.78, 5) is 3.86. The van der Waals surface area contributed by atoms with E-state index in [0.29, 0.717) is 5.95 Å². The molecule has 5 heteroatoms. The number of H-pyrrole nitrogens is 1. The van der Waals surface area contributed by atoms with Crippen molar-refractivity contribution >= 4 is 5.95 Å². The zero-order valence-corrected chi connectivity index (χ0v) is 6.96. The van der Waals surface area contributed by atoms with Gasteiger partial charge < -0.3 is 5.32 Å². The maximum atomic E-state index is 8.41. The number of hydrogen-bond acceptors (Lipinski definition) is 4. The van der Waals surface area contributed by atoms with Gasteiger partial charge in [0, 0.05) is 6.54 Å². The third-order valence-corrected chi connectivity index (χ3v) is 1.40. The number of anilines is 1. The van der Waals surface area contributed by atoms with Crippen LogP contribution in [0.1, 0.15) is 25.6 Å². The largest absolute Gasteiger partial charge is 0.353 e. The molecule has 0 aliphatic heterocycles. The molecule has 0 amide bonds. The minimum absolute atomic E-state index is 0.244. The summed E-state index contributed by atoms with van der Waals surface area (Å²) in [6, 6.07) is 1.87. The maximum absolute atomic E-state index is 8.41. The molecule has 0 aliphatic carbocycles. The van der Waals surface area contributed by atoms with E-state index in [1.54, 1.807) is 0 Å². The first-order valence-corrected chi connectivity index (χ1v) is 3.93. The molecule has 64 valence electrons. The summed E-state index contributed by atoms with van der Waals surface area (Å²) in [7, 11) is 0. The molecule has 1 heterocycles. The highest BCUT2D eigenvalue weighted by molar-refractivity contribution is 5.25. The van der Waals surface area contributed by atoms with Crippen LogP contribution in [0.4, 0.5) is 5.95 Å². The van der Waals surface area contributed by atoms with Crippen LogP contribution < -0.4 is 5.32 Å². The molecule has 0 bridgehead atoms. The quantitative estimate of drug-likeness (QED) is 0.649. The Kier molecular flexibility index (Phi) is 3.08. The van der Waals surface area contributed by atoms with Crippen molar-refractivity contribution in [2.75, 3.05) is 11.9 Å². The number of aromatic nitrogens is 3. The van der Waals surface area contributed by atoms with Crippen LogP contribution in [0.3, 0.4) is 0 Å². The number of aromatic amines is 1. The van der Waals surface area contributed by atoms with Crippen LogP contribution in [-0.2, 0) is 0 Å². The van der Waals surface area contributed by atoms with Gasteiger partial charge in [-0.05, 0) is 6.42 Å². The number of nitrogens with zero attached hydrogens (tertiary/aromatic N) is 3. The molecule has 0 saturated heterocycles.